The number of aryl methyl sites for hydroxylation is 1. The Morgan fingerprint density at radius 3 is 2.62 bits per heavy atom. The molecule has 0 aliphatic carbocycles. The van der Waals surface area contributed by atoms with Gasteiger partial charge in [-0.15, -0.1) is 0 Å². The van der Waals surface area contributed by atoms with E-state index >= 15 is 0 Å². The predicted molar refractivity (Wildman–Crippen MR) is 89.5 cm³/mol. The molecule has 24 heavy (non-hydrogen) atoms. The van der Waals surface area contributed by atoms with E-state index in [1.54, 1.807) is 24.3 Å². The molecule has 0 spiro atoms. The number of rotatable bonds is 3. The minimum absolute atomic E-state index is 0.0506. The van der Waals surface area contributed by atoms with Gasteiger partial charge in [-0.05, 0) is 42.8 Å². The summed E-state index contributed by atoms with van der Waals surface area (Å²) in [5, 5.41) is 9.61. The van der Waals surface area contributed by atoms with Gasteiger partial charge in [0.1, 0.15) is 11.0 Å². The molecule has 3 rings (SSSR count). The second-order valence-corrected chi connectivity index (χ2v) is 7.50. The van der Waals surface area contributed by atoms with Crippen molar-refractivity contribution in [1.29, 1.82) is 5.26 Å². The number of hydrogen-bond donors (Lipinski definition) is 0. The zero-order valence-corrected chi connectivity index (χ0v) is 14.2. The Kier molecular flexibility index (Phi) is 4.22. The molecule has 2 aromatic rings. The summed E-state index contributed by atoms with van der Waals surface area (Å²) in [6.07, 6.45) is 1.27. The van der Waals surface area contributed by atoms with E-state index in [1.807, 2.05) is 6.92 Å². The number of hydrogen-bond acceptors (Lipinski definition) is 5. The molecule has 2 aromatic carbocycles. The van der Waals surface area contributed by atoms with Gasteiger partial charge in [-0.25, -0.2) is 8.42 Å². The maximum absolute atomic E-state index is 12.6. The van der Waals surface area contributed by atoms with Crippen molar-refractivity contribution in [2.45, 2.75) is 11.8 Å². The van der Waals surface area contributed by atoms with Gasteiger partial charge in [0, 0.05) is 0 Å². The fourth-order valence-electron chi connectivity index (χ4n) is 2.24. The highest BCUT2D eigenvalue weighted by atomic mass is 35.5. The molecule has 1 aliphatic rings. The minimum Gasteiger partial charge on any atom is -0.454 e. The van der Waals surface area contributed by atoms with Crippen LogP contribution in [0.25, 0.3) is 6.08 Å². The average Bonchev–Trinajstić information content (AvgIpc) is 3.02. The minimum atomic E-state index is -3.91. The maximum atomic E-state index is 12.6. The number of halogens is 1. The molecule has 0 bridgehead atoms. The molecule has 1 aliphatic heterocycles. The van der Waals surface area contributed by atoms with Crippen LogP contribution >= 0.6 is 11.6 Å². The highest BCUT2D eigenvalue weighted by molar-refractivity contribution is 7.95. The summed E-state index contributed by atoms with van der Waals surface area (Å²) in [7, 11) is -3.91. The number of nitriles is 1. The van der Waals surface area contributed by atoms with Gasteiger partial charge in [-0.1, -0.05) is 29.3 Å². The van der Waals surface area contributed by atoms with Gasteiger partial charge in [0.05, 0.1) is 9.92 Å². The zero-order valence-electron chi connectivity index (χ0n) is 12.6. The lowest BCUT2D eigenvalue weighted by molar-refractivity contribution is 0.174. The van der Waals surface area contributed by atoms with E-state index in [2.05, 4.69) is 0 Å². The molecule has 0 radical (unpaired) electrons. The third-order valence-electron chi connectivity index (χ3n) is 3.48. The molecule has 1 heterocycles. The first-order valence-electron chi connectivity index (χ1n) is 6.94. The van der Waals surface area contributed by atoms with Crippen molar-refractivity contribution >= 4 is 27.5 Å². The van der Waals surface area contributed by atoms with Crippen molar-refractivity contribution in [3.8, 4) is 17.6 Å². The van der Waals surface area contributed by atoms with Gasteiger partial charge in [0.25, 0.3) is 0 Å². The van der Waals surface area contributed by atoms with E-state index < -0.39 is 9.84 Å². The maximum Gasteiger partial charge on any atom is 0.231 e. The average molecular weight is 362 g/mol. The van der Waals surface area contributed by atoms with Crippen molar-refractivity contribution in [2.24, 2.45) is 0 Å². The molecule has 5 nitrogen and oxygen atoms in total. The molecule has 122 valence electrons. The highest BCUT2D eigenvalue weighted by Gasteiger charge is 2.22. The van der Waals surface area contributed by atoms with Gasteiger partial charge < -0.3 is 9.47 Å². The van der Waals surface area contributed by atoms with E-state index in [0.717, 1.165) is 5.56 Å². The van der Waals surface area contributed by atoms with Crippen LogP contribution in [0.3, 0.4) is 0 Å². The number of ether oxygens (including phenoxy) is 2. The first kappa shape index (κ1) is 16.4. The lowest BCUT2D eigenvalue weighted by atomic mass is 10.2. The first-order valence-corrected chi connectivity index (χ1v) is 8.80. The Balaban J connectivity index is 2.06. The third kappa shape index (κ3) is 2.96. The summed E-state index contributed by atoms with van der Waals surface area (Å²) in [4.78, 5) is -0.311. The van der Waals surface area contributed by atoms with Crippen LogP contribution in [0.5, 0.6) is 11.5 Å². The van der Waals surface area contributed by atoms with Crippen LogP contribution in [0.2, 0.25) is 5.02 Å². The number of benzene rings is 2. The summed E-state index contributed by atoms with van der Waals surface area (Å²) in [5.41, 5.74) is 1.37. The first-order chi connectivity index (χ1) is 11.4. The predicted octanol–water partition coefficient (Wildman–Crippen LogP) is 3.72. The van der Waals surface area contributed by atoms with Gasteiger partial charge in [0.15, 0.2) is 11.5 Å². The lowest BCUT2D eigenvalue weighted by Crippen LogP contribution is -2.03. The van der Waals surface area contributed by atoms with E-state index in [1.165, 1.54) is 24.3 Å². The Morgan fingerprint density at radius 1 is 1.25 bits per heavy atom. The summed E-state index contributed by atoms with van der Waals surface area (Å²) in [6.45, 7) is 1.90. The summed E-state index contributed by atoms with van der Waals surface area (Å²) >= 11 is 6.08. The summed E-state index contributed by atoms with van der Waals surface area (Å²) in [6, 6.07) is 11.2. The number of allylic oxidation sites excluding steroid dienone is 1. The molecule has 0 fully saturated rings. The van der Waals surface area contributed by atoms with Crippen LogP contribution < -0.4 is 9.47 Å². The molecule has 0 N–H and O–H groups in total. The Hall–Kier alpha value is -2.49. The quantitative estimate of drug-likeness (QED) is 0.779. The van der Waals surface area contributed by atoms with Crippen LogP contribution in [0.1, 0.15) is 11.1 Å². The summed E-state index contributed by atoms with van der Waals surface area (Å²) < 4.78 is 35.7. The number of fused-ring (bicyclic) bond motifs is 1. The number of nitrogens with zero attached hydrogens (tertiary/aromatic N) is 1. The normalized spacial score (nSPS) is 13.6. The lowest BCUT2D eigenvalue weighted by Gasteiger charge is -2.05. The number of sulfone groups is 1. The van der Waals surface area contributed by atoms with Gasteiger partial charge >= 0.3 is 0 Å². The zero-order chi connectivity index (χ0) is 17.3. The molecule has 0 amide bonds. The largest absolute Gasteiger partial charge is 0.454 e. The topological polar surface area (TPSA) is 76.4 Å². The van der Waals surface area contributed by atoms with Crippen LogP contribution in [-0.4, -0.2) is 15.2 Å². The van der Waals surface area contributed by atoms with Crippen molar-refractivity contribution in [2.75, 3.05) is 6.79 Å². The molecule has 0 unspecified atom stereocenters. The van der Waals surface area contributed by atoms with Crippen LogP contribution in [0.4, 0.5) is 0 Å². The molecule has 0 saturated carbocycles. The SMILES string of the molecule is Cc1ccc(S(=O)(=O)/C(C#N)=C/c2cc(Cl)c3c(c2)OCO3)cc1. The van der Waals surface area contributed by atoms with Crippen molar-refractivity contribution in [1.82, 2.24) is 0 Å². The standard InChI is InChI=1S/C17H12ClNO4S/c1-11-2-4-13(5-3-11)24(20,21)14(9-19)6-12-7-15(18)17-16(8-12)22-10-23-17/h2-8H,10H2,1H3/b14-6+. The molecular weight excluding hydrogens is 350 g/mol. The Morgan fingerprint density at radius 2 is 1.96 bits per heavy atom. The smallest absolute Gasteiger partial charge is 0.231 e. The van der Waals surface area contributed by atoms with E-state index in [-0.39, 0.29) is 16.6 Å². The van der Waals surface area contributed by atoms with Crippen molar-refractivity contribution in [3.63, 3.8) is 0 Å². The van der Waals surface area contributed by atoms with E-state index in [0.29, 0.717) is 22.1 Å². The monoisotopic (exact) mass is 361 g/mol. The fraction of sp³-hybridized carbons (Fsp3) is 0.118. The third-order valence-corrected chi connectivity index (χ3v) is 5.44. The van der Waals surface area contributed by atoms with Crippen LogP contribution in [0.15, 0.2) is 46.2 Å². The molecular formula is C17H12ClNO4S. The molecule has 0 saturated heterocycles. The second kappa shape index (κ2) is 6.19. The Labute approximate surface area is 144 Å². The van der Waals surface area contributed by atoms with E-state index in [4.69, 9.17) is 21.1 Å². The molecule has 0 atom stereocenters. The molecule has 0 aromatic heterocycles. The van der Waals surface area contributed by atoms with Crippen molar-refractivity contribution in [3.05, 3.63) is 57.5 Å². The van der Waals surface area contributed by atoms with Gasteiger partial charge in [-0.2, -0.15) is 5.26 Å². The van der Waals surface area contributed by atoms with Crippen LogP contribution in [-0.2, 0) is 9.84 Å². The van der Waals surface area contributed by atoms with Gasteiger partial charge in [0.2, 0.25) is 16.6 Å². The van der Waals surface area contributed by atoms with Crippen LogP contribution in [0, 0.1) is 18.3 Å². The highest BCUT2D eigenvalue weighted by Crippen LogP contribution is 2.40. The van der Waals surface area contributed by atoms with E-state index in [9.17, 15) is 13.7 Å². The second-order valence-electron chi connectivity index (χ2n) is 5.17. The Bertz CT molecular complexity index is 973. The molecule has 7 heteroatoms. The summed E-state index contributed by atoms with van der Waals surface area (Å²) in [5.74, 6) is 0.826. The fourth-order valence-corrected chi connectivity index (χ4v) is 3.67. The van der Waals surface area contributed by atoms with Gasteiger partial charge in [-0.3, -0.25) is 0 Å². The van der Waals surface area contributed by atoms with Crippen molar-refractivity contribution < 1.29 is 17.9 Å².